The van der Waals surface area contributed by atoms with Crippen LogP contribution in [0.5, 0.6) is 0 Å². The van der Waals surface area contributed by atoms with Gasteiger partial charge in [-0.2, -0.15) is 13.2 Å². The number of benzene rings is 1. The Kier molecular flexibility index (Phi) is 4.53. The van der Waals surface area contributed by atoms with Crippen LogP contribution in [-0.4, -0.2) is 23.8 Å². The van der Waals surface area contributed by atoms with Gasteiger partial charge < -0.3 is 10.4 Å². The van der Waals surface area contributed by atoms with Gasteiger partial charge in [-0.25, -0.2) is 9.18 Å². The maximum Gasteiger partial charge on any atom is 0.401 e. The Balaban J connectivity index is 2.83. The van der Waals surface area contributed by atoms with Crippen molar-refractivity contribution in [1.82, 2.24) is 5.32 Å². The Hall–Kier alpha value is -1.34. The Labute approximate surface area is 104 Å². The normalized spacial score (nSPS) is 11.6. The molecule has 0 fully saturated rings. The van der Waals surface area contributed by atoms with E-state index in [-0.39, 0.29) is 16.1 Å². The van der Waals surface area contributed by atoms with Gasteiger partial charge in [0.25, 0.3) is 0 Å². The maximum atomic E-state index is 13.3. The molecule has 8 heteroatoms. The zero-order valence-electron chi connectivity index (χ0n) is 8.81. The minimum absolute atomic E-state index is 0.193. The topological polar surface area (TPSA) is 49.3 Å². The second-order valence-electron chi connectivity index (χ2n) is 3.45. The summed E-state index contributed by atoms with van der Waals surface area (Å²) in [6, 6.07) is 1.67. The molecule has 18 heavy (non-hydrogen) atoms. The molecule has 0 radical (unpaired) electrons. The summed E-state index contributed by atoms with van der Waals surface area (Å²) in [5.74, 6) is -2.24. The molecule has 0 bridgehead atoms. The van der Waals surface area contributed by atoms with Crippen LogP contribution < -0.4 is 5.32 Å². The molecule has 0 spiro atoms. The van der Waals surface area contributed by atoms with Crippen LogP contribution in [0.3, 0.4) is 0 Å². The van der Waals surface area contributed by atoms with Gasteiger partial charge in [-0.05, 0) is 12.1 Å². The third-order valence-corrected chi connectivity index (χ3v) is 2.32. The van der Waals surface area contributed by atoms with Crippen LogP contribution in [0.15, 0.2) is 12.1 Å². The first kappa shape index (κ1) is 14.7. The molecule has 0 heterocycles. The predicted octanol–water partition coefficient (Wildman–Crippen LogP) is 2.83. The first-order valence-corrected chi connectivity index (χ1v) is 5.07. The second-order valence-corrected chi connectivity index (χ2v) is 3.85. The monoisotopic (exact) mass is 285 g/mol. The standard InChI is InChI=1S/C10H8ClF4NO2/c11-7-2-8(12)5(1-6(7)9(17)18)3-16-4-10(13,14)15/h1-2,16H,3-4H2,(H,17,18). The molecule has 100 valence electrons. The lowest BCUT2D eigenvalue weighted by Crippen LogP contribution is -2.28. The third kappa shape index (κ3) is 4.15. The fraction of sp³-hybridized carbons (Fsp3) is 0.300. The van der Waals surface area contributed by atoms with E-state index in [1.54, 1.807) is 0 Å². The molecule has 1 aromatic carbocycles. The number of hydrogen-bond donors (Lipinski definition) is 2. The molecule has 0 atom stereocenters. The average molecular weight is 286 g/mol. The smallest absolute Gasteiger partial charge is 0.401 e. The van der Waals surface area contributed by atoms with Crippen molar-refractivity contribution >= 4 is 17.6 Å². The van der Waals surface area contributed by atoms with Gasteiger partial charge in [-0.3, -0.25) is 0 Å². The number of carbonyl (C=O) groups is 1. The first-order valence-electron chi connectivity index (χ1n) is 4.69. The van der Waals surface area contributed by atoms with Crippen molar-refractivity contribution in [2.24, 2.45) is 0 Å². The fourth-order valence-electron chi connectivity index (χ4n) is 1.23. The largest absolute Gasteiger partial charge is 0.478 e. The second kappa shape index (κ2) is 5.53. The summed E-state index contributed by atoms with van der Waals surface area (Å²) in [5, 5.41) is 10.4. The average Bonchev–Trinajstić information content (AvgIpc) is 2.18. The van der Waals surface area contributed by atoms with E-state index in [2.05, 4.69) is 0 Å². The van der Waals surface area contributed by atoms with E-state index in [0.717, 1.165) is 12.1 Å². The van der Waals surface area contributed by atoms with Gasteiger partial charge in [0, 0.05) is 12.1 Å². The number of carboxylic acids is 1. The Morgan fingerprint density at radius 2 is 2.00 bits per heavy atom. The molecule has 0 saturated heterocycles. The van der Waals surface area contributed by atoms with Gasteiger partial charge in [0.15, 0.2) is 0 Å². The van der Waals surface area contributed by atoms with E-state index in [0.29, 0.717) is 0 Å². The van der Waals surface area contributed by atoms with Crippen molar-refractivity contribution in [3.8, 4) is 0 Å². The molecule has 0 saturated carbocycles. The number of rotatable bonds is 4. The van der Waals surface area contributed by atoms with Gasteiger partial charge >= 0.3 is 12.1 Å². The van der Waals surface area contributed by atoms with Crippen molar-refractivity contribution in [3.05, 3.63) is 34.1 Å². The van der Waals surface area contributed by atoms with Gasteiger partial charge in [-0.1, -0.05) is 11.6 Å². The molecular weight excluding hydrogens is 278 g/mol. The van der Waals surface area contributed by atoms with Crippen LogP contribution in [0.25, 0.3) is 0 Å². The fourth-order valence-corrected chi connectivity index (χ4v) is 1.46. The summed E-state index contributed by atoms with van der Waals surface area (Å²) in [6.07, 6.45) is -4.42. The van der Waals surface area contributed by atoms with Crippen molar-refractivity contribution in [3.63, 3.8) is 0 Å². The van der Waals surface area contributed by atoms with Gasteiger partial charge in [0.05, 0.1) is 17.1 Å². The minimum Gasteiger partial charge on any atom is -0.478 e. The molecule has 0 aliphatic heterocycles. The first-order chi connectivity index (χ1) is 8.20. The van der Waals surface area contributed by atoms with Crippen LogP contribution in [0.2, 0.25) is 5.02 Å². The van der Waals surface area contributed by atoms with E-state index in [9.17, 15) is 22.4 Å². The number of aromatic carboxylic acids is 1. The Morgan fingerprint density at radius 1 is 1.39 bits per heavy atom. The van der Waals surface area contributed by atoms with E-state index in [4.69, 9.17) is 16.7 Å². The van der Waals surface area contributed by atoms with Gasteiger partial charge in [0.1, 0.15) is 5.82 Å². The van der Waals surface area contributed by atoms with Crippen LogP contribution in [0.1, 0.15) is 15.9 Å². The van der Waals surface area contributed by atoms with E-state index in [1.807, 2.05) is 5.32 Å². The summed E-state index contributed by atoms with van der Waals surface area (Å²) in [4.78, 5) is 10.7. The number of carboxylic acid groups (broad SMARTS) is 1. The molecule has 3 nitrogen and oxygen atoms in total. The highest BCUT2D eigenvalue weighted by molar-refractivity contribution is 6.33. The molecule has 0 unspecified atom stereocenters. The van der Waals surface area contributed by atoms with E-state index >= 15 is 0 Å². The van der Waals surface area contributed by atoms with Gasteiger partial charge in [0.2, 0.25) is 0 Å². The van der Waals surface area contributed by atoms with Gasteiger partial charge in [-0.15, -0.1) is 0 Å². The quantitative estimate of drug-likeness (QED) is 0.836. The van der Waals surface area contributed by atoms with Crippen LogP contribution >= 0.6 is 11.6 Å². The molecule has 2 N–H and O–H groups in total. The number of halogens is 5. The number of hydrogen-bond acceptors (Lipinski definition) is 2. The lowest BCUT2D eigenvalue weighted by Gasteiger charge is -2.10. The maximum absolute atomic E-state index is 13.3. The predicted molar refractivity (Wildman–Crippen MR) is 56.1 cm³/mol. The van der Waals surface area contributed by atoms with Crippen molar-refractivity contribution in [2.75, 3.05) is 6.54 Å². The Bertz CT molecular complexity index is 462. The van der Waals surface area contributed by atoms with Crippen molar-refractivity contribution in [2.45, 2.75) is 12.7 Å². The highest BCUT2D eigenvalue weighted by Gasteiger charge is 2.26. The highest BCUT2D eigenvalue weighted by Crippen LogP contribution is 2.21. The summed E-state index contributed by atoms with van der Waals surface area (Å²) < 4.78 is 48.9. The molecule has 1 aromatic rings. The lowest BCUT2D eigenvalue weighted by molar-refractivity contribution is -0.125. The van der Waals surface area contributed by atoms with Crippen LogP contribution in [-0.2, 0) is 6.54 Å². The van der Waals surface area contributed by atoms with E-state index in [1.165, 1.54) is 0 Å². The lowest BCUT2D eigenvalue weighted by atomic mass is 10.1. The summed E-state index contributed by atoms with van der Waals surface area (Å²) >= 11 is 5.48. The summed E-state index contributed by atoms with van der Waals surface area (Å²) in [7, 11) is 0. The Morgan fingerprint density at radius 3 is 2.50 bits per heavy atom. The molecule has 0 aromatic heterocycles. The SMILES string of the molecule is O=C(O)c1cc(CNCC(F)(F)F)c(F)cc1Cl. The molecule has 1 rings (SSSR count). The summed E-state index contributed by atoms with van der Waals surface area (Å²) in [6.45, 7) is -1.74. The van der Waals surface area contributed by atoms with Crippen molar-refractivity contribution < 1.29 is 27.5 Å². The zero-order chi connectivity index (χ0) is 13.9. The van der Waals surface area contributed by atoms with E-state index < -0.39 is 31.1 Å². The zero-order valence-corrected chi connectivity index (χ0v) is 9.57. The molecule has 0 aliphatic carbocycles. The van der Waals surface area contributed by atoms with Crippen molar-refractivity contribution in [1.29, 1.82) is 0 Å². The van der Waals surface area contributed by atoms with Crippen LogP contribution in [0.4, 0.5) is 17.6 Å². The number of nitrogens with one attached hydrogen (secondary N) is 1. The molecule has 0 amide bonds. The summed E-state index contributed by atoms with van der Waals surface area (Å²) in [5.41, 5.74) is -0.553. The molecular formula is C10H8ClF4NO2. The number of alkyl halides is 3. The molecule has 0 aliphatic rings. The highest BCUT2D eigenvalue weighted by atomic mass is 35.5. The van der Waals surface area contributed by atoms with Crippen LogP contribution in [0, 0.1) is 5.82 Å². The third-order valence-electron chi connectivity index (χ3n) is 2.01. The minimum atomic E-state index is -4.42.